The van der Waals surface area contributed by atoms with Crippen molar-refractivity contribution in [3.05, 3.63) is 24.0 Å². The zero-order valence-corrected chi connectivity index (χ0v) is 8.99. The molecule has 0 aliphatic rings. The van der Waals surface area contributed by atoms with Gasteiger partial charge in [-0.25, -0.2) is 4.98 Å². The minimum Gasteiger partial charge on any atom is -0.396 e. The fourth-order valence-electron chi connectivity index (χ4n) is 0.962. The summed E-state index contributed by atoms with van der Waals surface area (Å²) in [5.74, 6) is 0. The van der Waals surface area contributed by atoms with E-state index in [4.69, 9.17) is 10.4 Å². The van der Waals surface area contributed by atoms with Crippen molar-refractivity contribution in [3.8, 4) is 6.07 Å². The highest BCUT2D eigenvalue weighted by molar-refractivity contribution is 5.42. The molecule has 0 amide bonds. The summed E-state index contributed by atoms with van der Waals surface area (Å²) in [6.07, 6.45) is 1.62. The first-order valence-corrected chi connectivity index (χ1v) is 4.78. The van der Waals surface area contributed by atoms with Crippen molar-refractivity contribution in [1.29, 1.82) is 5.26 Å². The molecule has 4 nitrogen and oxygen atoms in total. The fourth-order valence-corrected chi connectivity index (χ4v) is 0.962. The van der Waals surface area contributed by atoms with Crippen LogP contribution in [0.3, 0.4) is 0 Å². The van der Waals surface area contributed by atoms with Gasteiger partial charge < -0.3 is 10.4 Å². The Morgan fingerprint density at radius 1 is 1.53 bits per heavy atom. The van der Waals surface area contributed by atoms with Crippen LogP contribution < -0.4 is 5.32 Å². The number of aromatic nitrogens is 1. The van der Waals surface area contributed by atoms with Crippen molar-refractivity contribution in [3.63, 3.8) is 0 Å². The minimum atomic E-state index is -0.159. The predicted molar refractivity (Wildman–Crippen MR) is 58.3 cm³/mol. The maximum absolute atomic E-state index is 9.06. The summed E-state index contributed by atoms with van der Waals surface area (Å²) in [6.45, 7) is 4.73. The number of anilines is 1. The molecule has 0 unspecified atom stereocenters. The predicted octanol–water partition coefficient (Wildman–Crippen LogP) is 1.38. The van der Waals surface area contributed by atoms with Crippen LogP contribution in [0.5, 0.6) is 0 Å². The molecule has 1 aromatic heterocycles. The highest BCUT2D eigenvalue weighted by atomic mass is 16.3. The molecule has 0 spiro atoms. The van der Waals surface area contributed by atoms with Gasteiger partial charge in [0.15, 0.2) is 0 Å². The van der Waals surface area contributed by atoms with Crippen LogP contribution in [0.15, 0.2) is 18.3 Å². The first-order chi connectivity index (χ1) is 7.07. The van der Waals surface area contributed by atoms with E-state index in [2.05, 4.69) is 10.3 Å². The summed E-state index contributed by atoms with van der Waals surface area (Å²) in [5, 5.41) is 20.8. The van der Waals surface area contributed by atoms with Gasteiger partial charge >= 0.3 is 0 Å². The molecular formula is C11H15N3O. The van der Waals surface area contributed by atoms with Gasteiger partial charge in [0.1, 0.15) is 11.8 Å². The Morgan fingerprint density at radius 2 is 2.27 bits per heavy atom. The van der Waals surface area contributed by atoms with Gasteiger partial charge in [-0.1, -0.05) is 13.8 Å². The Kier molecular flexibility index (Phi) is 3.64. The highest BCUT2D eigenvalue weighted by Gasteiger charge is 2.15. The SMILES string of the molecule is CC(C)(CO)CNc1ccc(C#N)nc1. The summed E-state index contributed by atoms with van der Waals surface area (Å²) in [4.78, 5) is 3.94. The number of nitriles is 1. The van der Waals surface area contributed by atoms with Crippen LogP contribution in [-0.2, 0) is 0 Å². The molecule has 2 N–H and O–H groups in total. The van der Waals surface area contributed by atoms with Crippen LogP contribution in [0.25, 0.3) is 0 Å². The first-order valence-electron chi connectivity index (χ1n) is 4.78. The second-order valence-electron chi connectivity index (χ2n) is 4.22. The maximum Gasteiger partial charge on any atom is 0.140 e. The fraction of sp³-hybridized carbons (Fsp3) is 0.455. The summed E-state index contributed by atoms with van der Waals surface area (Å²) >= 11 is 0. The molecule has 0 atom stereocenters. The van der Waals surface area contributed by atoms with Crippen molar-refractivity contribution in [1.82, 2.24) is 4.98 Å². The average Bonchev–Trinajstić information content (AvgIpc) is 2.27. The van der Waals surface area contributed by atoms with Crippen LogP contribution in [-0.4, -0.2) is 23.2 Å². The average molecular weight is 205 g/mol. The number of rotatable bonds is 4. The molecule has 1 heterocycles. The maximum atomic E-state index is 9.06. The van der Waals surface area contributed by atoms with Crippen molar-refractivity contribution in [2.75, 3.05) is 18.5 Å². The van der Waals surface area contributed by atoms with Gasteiger partial charge in [-0.2, -0.15) is 5.26 Å². The van der Waals surface area contributed by atoms with Gasteiger partial charge in [-0.15, -0.1) is 0 Å². The second kappa shape index (κ2) is 4.76. The van der Waals surface area contributed by atoms with E-state index in [1.54, 1.807) is 18.3 Å². The van der Waals surface area contributed by atoms with Crippen molar-refractivity contribution in [2.24, 2.45) is 5.41 Å². The van der Waals surface area contributed by atoms with E-state index in [0.717, 1.165) is 5.69 Å². The van der Waals surface area contributed by atoms with Gasteiger partial charge in [-0.05, 0) is 12.1 Å². The Morgan fingerprint density at radius 3 is 2.73 bits per heavy atom. The molecule has 1 rings (SSSR count). The standard InChI is InChI=1S/C11H15N3O/c1-11(2,8-15)7-14-10-4-3-9(5-12)13-6-10/h3-4,6,14-15H,7-8H2,1-2H3. The van der Waals surface area contributed by atoms with Gasteiger partial charge in [0.05, 0.1) is 11.9 Å². The van der Waals surface area contributed by atoms with E-state index in [9.17, 15) is 0 Å². The molecule has 0 radical (unpaired) electrons. The molecule has 0 aromatic carbocycles. The first kappa shape index (κ1) is 11.5. The molecule has 0 bridgehead atoms. The topological polar surface area (TPSA) is 68.9 Å². The summed E-state index contributed by atoms with van der Waals surface area (Å²) in [7, 11) is 0. The molecule has 0 saturated heterocycles. The summed E-state index contributed by atoms with van der Waals surface area (Å²) < 4.78 is 0. The van der Waals surface area contributed by atoms with E-state index in [1.165, 1.54) is 0 Å². The van der Waals surface area contributed by atoms with Crippen LogP contribution >= 0.6 is 0 Å². The lowest BCUT2D eigenvalue weighted by Gasteiger charge is -2.22. The van der Waals surface area contributed by atoms with Gasteiger partial charge in [0, 0.05) is 18.6 Å². The van der Waals surface area contributed by atoms with E-state index in [0.29, 0.717) is 12.2 Å². The molecule has 0 fully saturated rings. The Bertz CT molecular complexity index is 351. The van der Waals surface area contributed by atoms with Crippen molar-refractivity contribution in [2.45, 2.75) is 13.8 Å². The molecule has 0 aliphatic heterocycles. The molecule has 1 aromatic rings. The third-order valence-corrected chi connectivity index (χ3v) is 2.08. The van der Waals surface area contributed by atoms with E-state index >= 15 is 0 Å². The van der Waals surface area contributed by atoms with Gasteiger partial charge in [-0.3, -0.25) is 0 Å². The number of hydrogen-bond acceptors (Lipinski definition) is 4. The lowest BCUT2D eigenvalue weighted by Crippen LogP contribution is -2.26. The minimum absolute atomic E-state index is 0.129. The highest BCUT2D eigenvalue weighted by Crippen LogP contribution is 2.15. The molecule has 15 heavy (non-hydrogen) atoms. The quantitative estimate of drug-likeness (QED) is 0.779. The number of nitrogens with one attached hydrogen (secondary N) is 1. The molecule has 0 aliphatic carbocycles. The van der Waals surface area contributed by atoms with E-state index < -0.39 is 0 Å². The Labute approximate surface area is 89.6 Å². The van der Waals surface area contributed by atoms with E-state index in [-0.39, 0.29) is 12.0 Å². The number of hydrogen-bond donors (Lipinski definition) is 2. The van der Waals surface area contributed by atoms with E-state index in [1.807, 2.05) is 19.9 Å². The van der Waals surface area contributed by atoms with Crippen LogP contribution in [0, 0.1) is 16.7 Å². The largest absolute Gasteiger partial charge is 0.396 e. The third-order valence-electron chi connectivity index (χ3n) is 2.08. The molecule has 80 valence electrons. The number of aliphatic hydroxyl groups excluding tert-OH is 1. The second-order valence-corrected chi connectivity index (χ2v) is 4.22. The molecular weight excluding hydrogens is 190 g/mol. The number of nitrogens with zero attached hydrogens (tertiary/aromatic N) is 2. The summed E-state index contributed by atoms with van der Waals surface area (Å²) in [5.41, 5.74) is 1.10. The summed E-state index contributed by atoms with van der Waals surface area (Å²) in [6, 6.07) is 5.42. The van der Waals surface area contributed by atoms with Crippen LogP contribution in [0.1, 0.15) is 19.5 Å². The van der Waals surface area contributed by atoms with Gasteiger partial charge in [0.25, 0.3) is 0 Å². The zero-order valence-electron chi connectivity index (χ0n) is 8.99. The lowest BCUT2D eigenvalue weighted by molar-refractivity contribution is 0.171. The zero-order chi connectivity index (χ0) is 11.3. The van der Waals surface area contributed by atoms with Crippen LogP contribution in [0.4, 0.5) is 5.69 Å². The van der Waals surface area contributed by atoms with Crippen molar-refractivity contribution < 1.29 is 5.11 Å². The van der Waals surface area contributed by atoms with Gasteiger partial charge in [0.2, 0.25) is 0 Å². The number of pyridine rings is 1. The Balaban J connectivity index is 2.56. The smallest absolute Gasteiger partial charge is 0.140 e. The molecule has 4 heteroatoms. The normalized spacial score (nSPS) is 10.8. The molecule has 0 saturated carbocycles. The Hall–Kier alpha value is -1.60. The number of aliphatic hydroxyl groups is 1. The lowest BCUT2D eigenvalue weighted by atomic mass is 9.95. The van der Waals surface area contributed by atoms with Crippen molar-refractivity contribution >= 4 is 5.69 Å². The monoisotopic (exact) mass is 205 g/mol. The van der Waals surface area contributed by atoms with Crippen LogP contribution in [0.2, 0.25) is 0 Å². The third kappa shape index (κ3) is 3.56.